The number of hydrogen-bond donors (Lipinski definition) is 1. The molecule has 0 amide bonds. The summed E-state index contributed by atoms with van der Waals surface area (Å²) in [5, 5.41) is 0. The van der Waals surface area contributed by atoms with Crippen LogP contribution in [0.15, 0.2) is 29.2 Å². The smallest absolute Gasteiger partial charge is 0.0572 e. The van der Waals surface area contributed by atoms with Gasteiger partial charge in [0.15, 0.2) is 0 Å². The van der Waals surface area contributed by atoms with Crippen molar-refractivity contribution in [1.29, 1.82) is 0 Å². The molecule has 1 aromatic rings. The molecule has 0 saturated carbocycles. The number of thioether (sulfide) groups is 1. The molecule has 0 fully saturated rings. The Kier molecular flexibility index (Phi) is 5.76. The molecule has 0 aliphatic carbocycles. The lowest BCUT2D eigenvalue weighted by molar-refractivity contribution is 0.0596. The third-order valence-electron chi connectivity index (χ3n) is 2.42. The van der Waals surface area contributed by atoms with Crippen LogP contribution in [0, 0.1) is 0 Å². The zero-order valence-electron chi connectivity index (χ0n) is 9.62. The van der Waals surface area contributed by atoms with E-state index in [0.29, 0.717) is 6.04 Å². The summed E-state index contributed by atoms with van der Waals surface area (Å²) < 4.78 is 0. The van der Waals surface area contributed by atoms with Crippen molar-refractivity contribution in [3.05, 3.63) is 29.8 Å². The standard InChI is InChI=1S/C12H19NOS/c1-4-11(13-14-2)9-10-5-7-12(15-3)8-6-10/h5-8,11,13H,4,9H2,1-3H3. The first-order chi connectivity index (χ1) is 7.30. The van der Waals surface area contributed by atoms with Crippen LogP contribution in [-0.2, 0) is 11.3 Å². The Morgan fingerprint density at radius 3 is 2.47 bits per heavy atom. The number of nitrogens with one attached hydrogen (secondary N) is 1. The van der Waals surface area contributed by atoms with Crippen LogP contribution in [0.1, 0.15) is 18.9 Å². The van der Waals surface area contributed by atoms with Gasteiger partial charge in [0.05, 0.1) is 7.11 Å². The molecule has 0 spiro atoms. The Balaban J connectivity index is 2.55. The van der Waals surface area contributed by atoms with Gasteiger partial charge in [-0.15, -0.1) is 11.8 Å². The van der Waals surface area contributed by atoms with Gasteiger partial charge in [-0.25, -0.2) is 0 Å². The van der Waals surface area contributed by atoms with Crippen molar-refractivity contribution in [2.24, 2.45) is 0 Å². The van der Waals surface area contributed by atoms with E-state index in [2.05, 4.69) is 42.9 Å². The fraction of sp³-hybridized carbons (Fsp3) is 0.500. The zero-order chi connectivity index (χ0) is 11.1. The molecule has 1 unspecified atom stereocenters. The molecule has 0 heterocycles. The van der Waals surface area contributed by atoms with E-state index in [1.807, 2.05) is 0 Å². The maximum Gasteiger partial charge on any atom is 0.0572 e. The highest BCUT2D eigenvalue weighted by atomic mass is 32.2. The highest BCUT2D eigenvalue weighted by Gasteiger charge is 2.06. The number of hydroxylamine groups is 1. The van der Waals surface area contributed by atoms with Gasteiger partial charge in [0.1, 0.15) is 0 Å². The monoisotopic (exact) mass is 225 g/mol. The Labute approximate surface area is 96.4 Å². The van der Waals surface area contributed by atoms with Crippen molar-refractivity contribution in [3.63, 3.8) is 0 Å². The molecule has 15 heavy (non-hydrogen) atoms. The lowest BCUT2D eigenvalue weighted by atomic mass is 10.1. The molecule has 0 aromatic heterocycles. The topological polar surface area (TPSA) is 21.3 Å². The summed E-state index contributed by atoms with van der Waals surface area (Å²) >= 11 is 1.77. The van der Waals surface area contributed by atoms with Crippen LogP contribution in [0.3, 0.4) is 0 Å². The van der Waals surface area contributed by atoms with Gasteiger partial charge in [0, 0.05) is 10.9 Å². The molecule has 0 aliphatic heterocycles. The average molecular weight is 225 g/mol. The minimum absolute atomic E-state index is 0.398. The van der Waals surface area contributed by atoms with Gasteiger partial charge in [-0.3, -0.25) is 0 Å². The second-order valence-electron chi connectivity index (χ2n) is 3.48. The van der Waals surface area contributed by atoms with Crippen LogP contribution in [0.25, 0.3) is 0 Å². The van der Waals surface area contributed by atoms with E-state index in [-0.39, 0.29) is 0 Å². The van der Waals surface area contributed by atoms with Crippen LogP contribution < -0.4 is 5.48 Å². The molecule has 0 aliphatic rings. The van der Waals surface area contributed by atoms with E-state index in [1.165, 1.54) is 10.5 Å². The molecule has 0 radical (unpaired) electrons. The summed E-state index contributed by atoms with van der Waals surface area (Å²) in [6.45, 7) is 2.16. The van der Waals surface area contributed by atoms with Gasteiger partial charge < -0.3 is 4.84 Å². The summed E-state index contributed by atoms with van der Waals surface area (Å²) in [6.07, 6.45) is 4.17. The summed E-state index contributed by atoms with van der Waals surface area (Å²) in [6, 6.07) is 9.10. The molecule has 2 nitrogen and oxygen atoms in total. The second-order valence-corrected chi connectivity index (χ2v) is 4.36. The Hall–Kier alpha value is -0.510. The normalized spacial score (nSPS) is 12.7. The molecule has 1 aromatic carbocycles. The van der Waals surface area contributed by atoms with Gasteiger partial charge in [0.25, 0.3) is 0 Å². The van der Waals surface area contributed by atoms with Gasteiger partial charge in [-0.2, -0.15) is 5.48 Å². The molecular weight excluding hydrogens is 206 g/mol. The van der Waals surface area contributed by atoms with E-state index in [0.717, 1.165) is 12.8 Å². The number of rotatable bonds is 6. The third-order valence-corrected chi connectivity index (χ3v) is 3.16. The highest BCUT2D eigenvalue weighted by molar-refractivity contribution is 7.98. The van der Waals surface area contributed by atoms with E-state index in [1.54, 1.807) is 18.9 Å². The Morgan fingerprint density at radius 1 is 1.33 bits per heavy atom. The maximum atomic E-state index is 4.96. The first-order valence-electron chi connectivity index (χ1n) is 5.21. The van der Waals surface area contributed by atoms with Crippen molar-refractivity contribution in [1.82, 2.24) is 5.48 Å². The van der Waals surface area contributed by atoms with Gasteiger partial charge in [-0.1, -0.05) is 19.1 Å². The van der Waals surface area contributed by atoms with Crippen molar-refractivity contribution >= 4 is 11.8 Å². The summed E-state index contributed by atoms with van der Waals surface area (Å²) in [5.74, 6) is 0. The summed E-state index contributed by atoms with van der Waals surface area (Å²) in [4.78, 5) is 6.27. The van der Waals surface area contributed by atoms with Crippen molar-refractivity contribution in [2.45, 2.75) is 30.7 Å². The van der Waals surface area contributed by atoms with Crippen molar-refractivity contribution in [2.75, 3.05) is 13.4 Å². The predicted molar refractivity (Wildman–Crippen MR) is 66.2 cm³/mol. The lowest BCUT2D eigenvalue weighted by Crippen LogP contribution is -2.29. The van der Waals surface area contributed by atoms with Gasteiger partial charge in [-0.05, 0) is 36.8 Å². The number of hydrogen-bond acceptors (Lipinski definition) is 3. The van der Waals surface area contributed by atoms with Crippen LogP contribution in [0.5, 0.6) is 0 Å². The maximum absolute atomic E-state index is 4.96. The molecule has 84 valence electrons. The second kappa shape index (κ2) is 6.88. The zero-order valence-corrected chi connectivity index (χ0v) is 10.4. The van der Waals surface area contributed by atoms with Crippen LogP contribution in [0.2, 0.25) is 0 Å². The lowest BCUT2D eigenvalue weighted by Gasteiger charge is -2.15. The Bertz CT molecular complexity index is 273. The largest absolute Gasteiger partial charge is 0.305 e. The minimum Gasteiger partial charge on any atom is -0.305 e. The molecule has 1 atom stereocenters. The SMILES string of the molecule is CCC(Cc1ccc(SC)cc1)NOC. The van der Waals surface area contributed by atoms with Crippen molar-refractivity contribution in [3.8, 4) is 0 Å². The first kappa shape index (κ1) is 12.6. The fourth-order valence-corrected chi connectivity index (χ4v) is 1.89. The minimum atomic E-state index is 0.398. The van der Waals surface area contributed by atoms with E-state index in [9.17, 15) is 0 Å². The summed E-state index contributed by atoms with van der Waals surface area (Å²) in [7, 11) is 1.67. The molecule has 0 bridgehead atoms. The van der Waals surface area contributed by atoms with Crippen LogP contribution in [-0.4, -0.2) is 19.4 Å². The molecular formula is C12H19NOS. The third kappa shape index (κ3) is 4.24. The Morgan fingerprint density at radius 2 is 2.00 bits per heavy atom. The molecule has 0 saturated heterocycles. The fourth-order valence-electron chi connectivity index (χ4n) is 1.48. The molecule has 1 rings (SSSR count). The van der Waals surface area contributed by atoms with Gasteiger partial charge >= 0.3 is 0 Å². The number of benzene rings is 1. The molecule has 3 heteroatoms. The van der Waals surface area contributed by atoms with Crippen LogP contribution in [0.4, 0.5) is 0 Å². The molecule has 1 N–H and O–H groups in total. The van der Waals surface area contributed by atoms with E-state index >= 15 is 0 Å². The van der Waals surface area contributed by atoms with E-state index in [4.69, 9.17) is 4.84 Å². The summed E-state index contributed by atoms with van der Waals surface area (Å²) in [5.41, 5.74) is 4.36. The van der Waals surface area contributed by atoms with Gasteiger partial charge in [0.2, 0.25) is 0 Å². The predicted octanol–water partition coefficient (Wildman–Crippen LogP) is 2.88. The quantitative estimate of drug-likeness (QED) is 0.594. The highest BCUT2D eigenvalue weighted by Crippen LogP contribution is 2.16. The average Bonchev–Trinajstić information content (AvgIpc) is 2.29. The first-order valence-corrected chi connectivity index (χ1v) is 6.44. The van der Waals surface area contributed by atoms with Crippen LogP contribution >= 0.6 is 11.8 Å². The van der Waals surface area contributed by atoms with Crippen molar-refractivity contribution < 1.29 is 4.84 Å². The van der Waals surface area contributed by atoms with E-state index < -0.39 is 0 Å².